The van der Waals surface area contributed by atoms with Gasteiger partial charge in [0.1, 0.15) is 5.82 Å². The summed E-state index contributed by atoms with van der Waals surface area (Å²) in [6.07, 6.45) is -2.69. The minimum atomic E-state index is -4.45. The lowest BCUT2D eigenvalue weighted by atomic mass is 10.1. The topological polar surface area (TPSA) is 53.7 Å². The molecular weight excluding hydrogens is 453 g/mol. The highest BCUT2D eigenvalue weighted by atomic mass is 19.4. The summed E-state index contributed by atoms with van der Waals surface area (Å²) in [4.78, 5) is 6.94. The zero-order valence-electron chi connectivity index (χ0n) is 20.0. The average Bonchev–Trinajstić information content (AvgIpc) is 3.48. The fourth-order valence-electron chi connectivity index (χ4n) is 4.59. The van der Waals surface area contributed by atoms with Gasteiger partial charge in [-0.3, -0.25) is 0 Å². The molecule has 3 heterocycles. The minimum Gasteiger partial charge on any atom is -0.394 e. The van der Waals surface area contributed by atoms with Crippen molar-refractivity contribution in [3.8, 4) is 22.4 Å². The molecule has 1 N–H and O–H groups in total. The van der Waals surface area contributed by atoms with Gasteiger partial charge in [0.15, 0.2) is 5.65 Å². The number of aliphatic hydroxyl groups excluding tert-OH is 1. The minimum absolute atomic E-state index is 0.00438. The molecule has 5 nitrogen and oxygen atoms in total. The Hall–Kier alpha value is -3.39. The molecule has 0 saturated carbocycles. The fourth-order valence-corrected chi connectivity index (χ4v) is 4.59. The number of rotatable bonds is 4. The van der Waals surface area contributed by atoms with E-state index >= 15 is 0 Å². The Balaban J connectivity index is 0.00000141. The van der Waals surface area contributed by atoms with Crippen LogP contribution in [0.4, 0.5) is 19.0 Å². The molecule has 2 aromatic carbocycles. The Morgan fingerprint density at radius 3 is 2.40 bits per heavy atom. The first kappa shape index (κ1) is 24.7. The molecule has 0 bridgehead atoms. The molecule has 184 valence electrons. The molecule has 0 radical (unpaired) electrons. The molecule has 35 heavy (non-hydrogen) atoms. The number of benzene rings is 2. The largest absolute Gasteiger partial charge is 0.416 e. The summed E-state index contributed by atoms with van der Waals surface area (Å²) >= 11 is 0. The third kappa shape index (κ3) is 4.75. The summed E-state index contributed by atoms with van der Waals surface area (Å²) in [5, 5.41) is 14.5. The van der Waals surface area contributed by atoms with Crippen LogP contribution in [0, 0.1) is 6.92 Å². The highest BCUT2D eigenvalue weighted by Gasteiger charge is 2.31. The molecule has 1 atom stereocenters. The third-order valence-electron chi connectivity index (χ3n) is 6.18. The molecule has 1 fully saturated rings. The molecule has 0 spiro atoms. The van der Waals surface area contributed by atoms with Gasteiger partial charge in [-0.2, -0.15) is 18.3 Å². The summed E-state index contributed by atoms with van der Waals surface area (Å²) in [6.45, 7) is 6.60. The van der Waals surface area contributed by atoms with Crippen molar-refractivity contribution in [2.45, 2.75) is 45.8 Å². The van der Waals surface area contributed by atoms with Crippen LogP contribution < -0.4 is 4.90 Å². The Morgan fingerprint density at radius 1 is 1.00 bits per heavy atom. The SMILES string of the molecule is CC.Cc1nn2c(-c3cccc(C(F)(F)F)c3)cc(N3CCC[C@H]3CO)nc2c1-c1ccccc1. The third-order valence-corrected chi connectivity index (χ3v) is 6.18. The molecule has 4 aromatic rings. The van der Waals surface area contributed by atoms with E-state index < -0.39 is 11.7 Å². The van der Waals surface area contributed by atoms with Crippen molar-refractivity contribution in [3.63, 3.8) is 0 Å². The van der Waals surface area contributed by atoms with E-state index in [1.807, 2.05) is 56.0 Å². The highest BCUT2D eigenvalue weighted by molar-refractivity contribution is 5.83. The van der Waals surface area contributed by atoms with Crippen LogP contribution >= 0.6 is 0 Å². The quantitative estimate of drug-likeness (QED) is 0.367. The van der Waals surface area contributed by atoms with Crippen LogP contribution in [0.25, 0.3) is 28.0 Å². The Bertz CT molecular complexity index is 1300. The number of aromatic nitrogens is 3. The Morgan fingerprint density at radius 2 is 1.71 bits per heavy atom. The maximum absolute atomic E-state index is 13.4. The Labute approximate surface area is 202 Å². The lowest BCUT2D eigenvalue weighted by Gasteiger charge is -2.25. The molecule has 1 aliphatic heterocycles. The number of hydrogen-bond acceptors (Lipinski definition) is 4. The molecule has 2 aromatic heterocycles. The lowest BCUT2D eigenvalue weighted by Crippen LogP contribution is -2.32. The van der Waals surface area contributed by atoms with Crippen LogP contribution in [0.1, 0.15) is 37.9 Å². The van der Waals surface area contributed by atoms with Crippen molar-refractivity contribution in [1.82, 2.24) is 14.6 Å². The van der Waals surface area contributed by atoms with Crippen molar-refractivity contribution >= 4 is 11.5 Å². The molecule has 5 rings (SSSR count). The second-order valence-corrected chi connectivity index (χ2v) is 8.31. The first-order valence-corrected chi connectivity index (χ1v) is 11.9. The van der Waals surface area contributed by atoms with Crippen molar-refractivity contribution in [2.24, 2.45) is 0 Å². The van der Waals surface area contributed by atoms with Gasteiger partial charge in [-0.1, -0.05) is 56.3 Å². The van der Waals surface area contributed by atoms with Crippen molar-refractivity contribution in [1.29, 1.82) is 0 Å². The van der Waals surface area contributed by atoms with Crippen LogP contribution in [0.5, 0.6) is 0 Å². The van der Waals surface area contributed by atoms with E-state index in [0.717, 1.165) is 48.3 Å². The van der Waals surface area contributed by atoms with E-state index in [2.05, 4.69) is 5.10 Å². The summed E-state index contributed by atoms with van der Waals surface area (Å²) < 4.78 is 41.9. The standard InChI is InChI=1S/C25H23F3N4O.C2H6/c1-16-23(17-7-3-2-4-8-17)24-29-22(31-12-6-11-20(31)15-33)14-21(32(24)30-16)18-9-5-10-19(13-18)25(26,27)28;1-2/h2-5,7-10,13-14,20,33H,6,11-12,15H2,1H3;1-2H3/t20-;/m0./s1. The Kier molecular flexibility index (Phi) is 7.12. The summed E-state index contributed by atoms with van der Waals surface area (Å²) in [5.41, 5.74) is 3.30. The van der Waals surface area contributed by atoms with Gasteiger partial charge in [0.2, 0.25) is 0 Å². The van der Waals surface area contributed by atoms with E-state index in [9.17, 15) is 18.3 Å². The predicted molar refractivity (Wildman–Crippen MR) is 132 cm³/mol. The van der Waals surface area contributed by atoms with Crippen LogP contribution in [0.2, 0.25) is 0 Å². The van der Waals surface area contributed by atoms with E-state index in [0.29, 0.717) is 22.7 Å². The van der Waals surface area contributed by atoms with Gasteiger partial charge in [0.05, 0.1) is 29.6 Å². The number of hydrogen-bond donors (Lipinski definition) is 1. The fraction of sp³-hybridized carbons (Fsp3) is 0.333. The number of aryl methyl sites for hydroxylation is 1. The molecule has 8 heteroatoms. The van der Waals surface area contributed by atoms with Gasteiger partial charge < -0.3 is 10.0 Å². The second-order valence-electron chi connectivity index (χ2n) is 8.31. The van der Waals surface area contributed by atoms with Gasteiger partial charge in [-0.15, -0.1) is 0 Å². The molecule has 0 aliphatic carbocycles. The van der Waals surface area contributed by atoms with Gasteiger partial charge in [0, 0.05) is 23.7 Å². The first-order valence-electron chi connectivity index (χ1n) is 11.9. The van der Waals surface area contributed by atoms with E-state index in [4.69, 9.17) is 4.98 Å². The number of fused-ring (bicyclic) bond motifs is 1. The maximum Gasteiger partial charge on any atom is 0.416 e. The van der Waals surface area contributed by atoms with Gasteiger partial charge in [-0.05, 0) is 37.5 Å². The summed E-state index contributed by atoms with van der Waals surface area (Å²) in [6, 6.07) is 16.7. The molecule has 0 unspecified atom stereocenters. The normalized spacial score (nSPS) is 15.9. The molecule has 0 amide bonds. The number of alkyl halides is 3. The van der Waals surface area contributed by atoms with Gasteiger partial charge in [-0.25, -0.2) is 9.50 Å². The monoisotopic (exact) mass is 482 g/mol. The zero-order chi connectivity index (χ0) is 25.2. The summed E-state index contributed by atoms with van der Waals surface area (Å²) in [5.74, 6) is 0.628. The smallest absolute Gasteiger partial charge is 0.394 e. The maximum atomic E-state index is 13.4. The highest BCUT2D eigenvalue weighted by Crippen LogP contribution is 2.36. The van der Waals surface area contributed by atoms with E-state index in [-0.39, 0.29) is 12.6 Å². The second kappa shape index (κ2) is 10.1. The van der Waals surface area contributed by atoms with E-state index in [1.54, 1.807) is 16.6 Å². The van der Waals surface area contributed by atoms with Crippen LogP contribution in [0.3, 0.4) is 0 Å². The number of aliphatic hydroxyl groups is 1. The van der Waals surface area contributed by atoms with E-state index in [1.165, 1.54) is 6.07 Å². The predicted octanol–water partition coefficient (Wildman–Crippen LogP) is 6.38. The van der Waals surface area contributed by atoms with Crippen molar-refractivity contribution in [2.75, 3.05) is 18.1 Å². The molecule has 1 aliphatic rings. The first-order chi connectivity index (χ1) is 16.9. The number of halogens is 3. The van der Waals surface area contributed by atoms with Crippen molar-refractivity contribution in [3.05, 3.63) is 71.9 Å². The summed E-state index contributed by atoms with van der Waals surface area (Å²) in [7, 11) is 0. The number of anilines is 1. The van der Waals surface area contributed by atoms with Crippen LogP contribution in [0.15, 0.2) is 60.7 Å². The number of nitrogens with zero attached hydrogens (tertiary/aromatic N) is 4. The van der Waals surface area contributed by atoms with Gasteiger partial charge in [0.25, 0.3) is 0 Å². The average molecular weight is 483 g/mol. The van der Waals surface area contributed by atoms with Crippen LogP contribution in [-0.2, 0) is 6.18 Å². The lowest BCUT2D eigenvalue weighted by molar-refractivity contribution is -0.137. The zero-order valence-corrected chi connectivity index (χ0v) is 20.0. The van der Waals surface area contributed by atoms with Crippen LogP contribution in [-0.4, -0.2) is 38.9 Å². The van der Waals surface area contributed by atoms with Crippen molar-refractivity contribution < 1.29 is 18.3 Å². The molecular formula is C27H29F3N4O. The van der Waals surface area contributed by atoms with Gasteiger partial charge >= 0.3 is 6.18 Å². The molecule has 1 saturated heterocycles.